The predicted molar refractivity (Wildman–Crippen MR) is 89.1 cm³/mol. The van der Waals surface area contributed by atoms with Crippen LogP contribution < -0.4 is 15.5 Å². The normalized spacial score (nSPS) is 10.0. The number of amides is 1. The van der Waals surface area contributed by atoms with Crippen molar-refractivity contribution in [2.45, 2.75) is 6.92 Å². The molecule has 1 amide bonds. The Kier molecular flexibility index (Phi) is 4.82. The van der Waals surface area contributed by atoms with E-state index >= 15 is 0 Å². The van der Waals surface area contributed by atoms with Crippen molar-refractivity contribution < 1.29 is 4.79 Å². The van der Waals surface area contributed by atoms with Gasteiger partial charge in [0.25, 0.3) is 0 Å². The molecular weight excluding hydrogens is 262 g/mol. The third-order valence-corrected chi connectivity index (χ3v) is 3.13. The van der Waals surface area contributed by atoms with Crippen LogP contribution in [-0.2, 0) is 4.79 Å². The zero-order valence-electron chi connectivity index (χ0n) is 12.7. The van der Waals surface area contributed by atoms with Gasteiger partial charge in [0.1, 0.15) is 0 Å². The Morgan fingerprint density at radius 3 is 2.57 bits per heavy atom. The van der Waals surface area contributed by atoms with Gasteiger partial charge >= 0.3 is 0 Å². The highest BCUT2D eigenvalue weighted by atomic mass is 16.1. The summed E-state index contributed by atoms with van der Waals surface area (Å²) in [5.74, 6) is -0.0610. The molecule has 21 heavy (non-hydrogen) atoms. The van der Waals surface area contributed by atoms with Crippen LogP contribution in [0.3, 0.4) is 0 Å². The van der Waals surface area contributed by atoms with Gasteiger partial charge in [0.2, 0.25) is 5.91 Å². The van der Waals surface area contributed by atoms with Gasteiger partial charge in [-0.25, -0.2) is 0 Å². The first kappa shape index (κ1) is 14.9. The molecule has 0 radical (unpaired) electrons. The standard InChI is InChI=1S/C17H21N3O/c1-13-7-6-8-14(11-13)19-17(21)12-18-15-9-4-5-10-16(15)20(2)3/h4-11,18H,12H2,1-3H3,(H,19,21). The zero-order valence-corrected chi connectivity index (χ0v) is 12.7. The van der Waals surface area contributed by atoms with E-state index in [0.717, 1.165) is 22.6 Å². The van der Waals surface area contributed by atoms with Crippen LogP contribution in [0.5, 0.6) is 0 Å². The highest BCUT2D eigenvalue weighted by Crippen LogP contribution is 2.23. The maximum absolute atomic E-state index is 12.0. The SMILES string of the molecule is Cc1cccc(NC(=O)CNc2ccccc2N(C)C)c1. The number of carbonyl (C=O) groups excluding carboxylic acids is 1. The topological polar surface area (TPSA) is 44.4 Å². The lowest BCUT2D eigenvalue weighted by Crippen LogP contribution is -2.22. The Morgan fingerprint density at radius 1 is 1.10 bits per heavy atom. The molecule has 0 aliphatic rings. The summed E-state index contributed by atoms with van der Waals surface area (Å²) < 4.78 is 0. The molecule has 2 N–H and O–H groups in total. The summed E-state index contributed by atoms with van der Waals surface area (Å²) in [5, 5.41) is 6.06. The van der Waals surface area contributed by atoms with Gasteiger partial charge in [-0.15, -0.1) is 0 Å². The molecule has 0 fully saturated rings. The van der Waals surface area contributed by atoms with Gasteiger partial charge in [0, 0.05) is 19.8 Å². The molecule has 2 aromatic carbocycles. The van der Waals surface area contributed by atoms with Crippen LogP contribution in [0.2, 0.25) is 0 Å². The lowest BCUT2D eigenvalue weighted by molar-refractivity contribution is -0.114. The Balaban J connectivity index is 1.95. The molecule has 0 bridgehead atoms. The van der Waals surface area contributed by atoms with Crippen molar-refractivity contribution in [3.8, 4) is 0 Å². The number of carbonyl (C=O) groups is 1. The van der Waals surface area contributed by atoms with Crippen LogP contribution in [0.4, 0.5) is 17.1 Å². The van der Waals surface area contributed by atoms with E-state index in [9.17, 15) is 4.79 Å². The monoisotopic (exact) mass is 283 g/mol. The summed E-state index contributed by atoms with van der Waals surface area (Å²) in [4.78, 5) is 14.0. The fraction of sp³-hybridized carbons (Fsp3) is 0.235. The van der Waals surface area contributed by atoms with Gasteiger partial charge in [-0.3, -0.25) is 4.79 Å². The van der Waals surface area contributed by atoms with Crippen LogP contribution in [-0.4, -0.2) is 26.5 Å². The first-order valence-electron chi connectivity index (χ1n) is 6.93. The van der Waals surface area contributed by atoms with Crippen molar-refractivity contribution in [1.82, 2.24) is 0 Å². The van der Waals surface area contributed by atoms with Crippen molar-refractivity contribution in [3.63, 3.8) is 0 Å². The minimum atomic E-state index is -0.0610. The molecule has 0 unspecified atom stereocenters. The molecule has 0 aliphatic heterocycles. The van der Waals surface area contributed by atoms with Crippen molar-refractivity contribution in [1.29, 1.82) is 0 Å². The summed E-state index contributed by atoms with van der Waals surface area (Å²) in [6, 6.07) is 15.7. The first-order valence-corrected chi connectivity index (χ1v) is 6.93. The van der Waals surface area contributed by atoms with Gasteiger partial charge in [0.05, 0.1) is 17.9 Å². The molecular formula is C17H21N3O. The second kappa shape index (κ2) is 6.79. The third kappa shape index (κ3) is 4.24. The van der Waals surface area contributed by atoms with Crippen LogP contribution in [0, 0.1) is 6.92 Å². The summed E-state index contributed by atoms with van der Waals surface area (Å²) in [6.07, 6.45) is 0. The van der Waals surface area contributed by atoms with Gasteiger partial charge in [-0.2, -0.15) is 0 Å². The molecule has 0 aromatic heterocycles. The van der Waals surface area contributed by atoms with Gasteiger partial charge < -0.3 is 15.5 Å². The molecule has 4 heteroatoms. The van der Waals surface area contributed by atoms with Crippen molar-refractivity contribution in [3.05, 3.63) is 54.1 Å². The average molecular weight is 283 g/mol. The number of hydrogen-bond donors (Lipinski definition) is 2. The van der Waals surface area contributed by atoms with Crippen molar-refractivity contribution in [2.75, 3.05) is 36.2 Å². The van der Waals surface area contributed by atoms with Crippen LogP contribution >= 0.6 is 0 Å². The number of aryl methyl sites for hydroxylation is 1. The van der Waals surface area contributed by atoms with Gasteiger partial charge in [-0.1, -0.05) is 24.3 Å². The highest BCUT2D eigenvalue weighted by molar-refractivity contribution is 5.94. The maximum atomic E-state index is 12.0. The van der Waals surface area contributed by atoms with Gasteiger partial charge in [0.15, 0.2) is 0 Å². The van der Waals surface area contributed by atoms with E-state index in [2.05, 4.69) is 10.6 Å². The number of nitrogens with zero attached hydrogens (tertiary/aromatic N) is 1. The lowest BCUT2D eigenvalue weighted by atomic mass is 10.2. The largest absolute Gasteiger partial charge is 0.376 e. The van der Waals surface area contributed by atoms with Crippen LogP contribution in [0.25, 0.3) is 0 Å². The van der Waals surface area contributed by atoms with Crippen LogP contribution in [0.1, 0.15) is 5.56 Å². The number of anilines is 3. The second-order valence-corrected chi connectivity index (χ2v) is 5.18. The molecule has 2 aromatic rings. The molecule has 110 valence electrons. The quantitative estimate of drug-likeness (QED) is 0.886. The Hall–Kier alpha value is -2.49. The molecule has 0 saturated carbocycles. The molecule has 0 heterocycles. The zero-order chi connectivity index (χ0) is 15.2. The fourth-order valence-electron chi connectivity index (χ4n) is 2.12. The van der Waals surface area contributed by atoms with E-state index in [1.54, 1.807) is 0 Å². The lowest BCUT2D eigenvalue weighted by Gasteiger charge is -2.18. The van der Waals surface area contributed by atoms with E-state index in [-0.39, 0.29) is 12.5 Å². The first-order chi connectivity index (χ1) is 10.1. The fourth-order valence-corrected chi connectivity index (χ4v) is 2.12. The Labute approximate surface area is 125 Å². The highest BCUT2D eigenvalue weighted by Gasteiger charge is 2.06. The number of benzene rings is 2. The van der Waals surface area contributed by atoms with E-state index in [1.165, 1.54) is 0 Å². The van der Waals surface area contributed by atoms with Crippen molar-refractivity contribution in [2.24, 2.45) is 0 Å². The number of para-hydroxylation sites is 2. The molecule has 2 rings (SSSR count). The summed E-state index contributed by atoms with van der Waals surface area (Å²) >= 11 is 0. The van der Waals surface area contributed by atoms with E-state index in [1.807, 2.05) is 74.4 Å². The minimum absolute atomic E-state index is 0.0610. The Bertz CT molecular complexity index is 623. The minimum Gasteiger partial charge on any atom is -0.376 e. The molecule has 0 saturated heterocycles. The summed E-state index contributed by atoms with van der Waals surface area (Å²) in [7, 11) is 3.96. The van der Waals surface area contributed by atoms with E-state index in [4.69, 9.17) is 0 Å². The summed E-state index contributed by atoms with van der Waals surface area (Å²) in [5.41, 5.74) is 3.95. The van der Waals surface area contributed by atoms with E-state index < -0.39 is 0 Å². The maximum Gasteiger partial charge on any atom is 0.243 e. The number of rotatable bonds is 5. The van der Waals surface area contributed by atoms with Crippen molar-refractivity contribution >= 4 is 23.0 Å². The molecule has 4 nitrogen and oxygen atoms in total. The summed E-state index contributed by atoms with van der Waals surface area (Å²) in [6.45, 7) is 2.24. The van der Waals surface area contributed by atoms with Crippen LogP contribution in [0.15, 0.2) is 48.5 Å². The molecule has 0 atom stereocenters. The van der Waals surface area contributed by atoms with Gasteiger partial charge in [-0.05, 0) is 36.8 Å². The van der Waals surface area contributed by atoms with E-state index in [0.29, 0.717) is 0 Å². The predicted octanol–water partition coefficient (Wildman–Crippen LogP) is 3.11. The number of hydrogen-bond acceptors (Lipinski definition) is 3. The average Bonchev–Trinajstić information content (AvgIpc) is 2.45. The molecule has 0 spiro atoms. The number of nitrogens with one attached hydrogen (secondary N) is 2. The third-order valence-electron chi connectivity index (χ3n) is 3.13. The second-order valence-electron chi connectivity index (χ2n) is 5.18. The smallest absolute Gasteiger partial charge is 0.243 e. The molecule has 0 aliphatic carbocycles. The Morgan fingerprint density at radius 2 is 1.86 bits per heavy atom.